The topological polar surface area (TPSA) is 80.0 Å². The van der Waals surface area contributed by atoms with Gasteiger partial charge in [0.2, 0.25) is 0 Å². The molecule has 0 aliphatic heterocycles. The van der Waals surface area contributed by atoms with Gasteiger partial charge in [-0.25, -0.2) is 10.8 Å². The fourth-order valence-corrected chi connectivity index (χ4v) is 2.20. The molecule has 0 saturated carbocycles. The molecule has 20 heavy (non-hydrogen) atoms. The summed E-state index contributed by atoms with van der Waals surface area (Å²) in [4.78, 5) is 16.2. The summed E-state index contributed by atoms with van der Waals surface area (Å²) in [5.41, 5.74) is 3.05. The molecule has 2 aromatic rings. The van der Waals surface area contributed by atoms with Gasteiger partial charge < -0.3 is 10.7 Å². The number of nitrogen functional groups attached to an aromatic ring is 1. The van der Waals surface area contributed by atoms with E-state index in [4.69, 9.17) is 29.0 Å². The molecule has 0 bridgehead atoms. The Labute approximate surface area is 133 Å². The molecule has 8 heteroatoms. The molecule has 0 aliphatic carbocycles. The Kier molecular flexibility index (Phi) is 4.82. The number of halogens is 3. The van der Waals surface area contributed by atoms with Crippen LogP contribution in [0.5, 0.6) is 0 Å². The molecule has 1 aromatic heterocycles. The van der Waals surface area contributed by atoms with Crippen LogP contribution in [0.1, 0.15) is 10.4 Å². The molecule has 0 saturated heterocycles. The summed E-state index contributed by atoms with van der Waals surface area (Å²) in [6.07, 6.45) is 1.53. The minimum Gasteiger partial charge on any atom is -0.320 e. The van der Waals surface area contributed by atoms with Crippen molar-refractivity contribution in [3.8, 4) is 0 Å². The van der Waals surface area contributed by atoms with Gasteiger partial charge >= 0.3 is 0 Å². The first-order chi connectivity index (χ1) is 9.52. The highest BCUT2D eigenvalue weighted by atomic mass is 79.9. The van der Waals surface area contributed by atoms with Crippen LogP contribution in [0.4, 0.5) is 11.5 Å². The van der Waals surface area contributed by atoms with Gasteiger partial charge in [0.1, 0.15) is 0 Å². The quantitative estimate of drug-likeness (QED) is 0.564. The number of benzene rings is 1. The minimum absolute atomic E-state index is 0.254. The second-order valence-corrected chi connectivity index (χ2v) is 5.45. The highest BCUT2D eigenvalue weighted by molar-refractivity contribution is 9.10. The van der Waals surface area contributed by atoms with Crippen LogP contribution in [0.3, 0.4) is 0 Å². The standard InChI is InChI=1S/C12H9BrCl2N4O/c13-6-4-7(11(19-16)17-5-6)12(20)18-9-3-1-2-8(14)10(9)15/h1-5H,16H2,(H,17,19)(H,18,20). The molecule has 5 nitrogen and oxygen atoms in total. The SMILES string of the molecule is NNc1ncc(Br)cc1C(=O)Nc1cccc(Cl)c1Cl. The Balaban J connectivity index is 2.33. The number of nitrogens with two attached hydrogens (primary N) is 1. The van der Waals surface area contributed by atoms with Crippen molar-refractivity contribution in [3.63, 3.8) is 0 Å². The van der Waals surface area contributed by atoms with Crippen LogP contribution in [-0.2, 0) is 0 Å². The van der Waals surface area contributed by atoms with Gasteiger partial charge in [-0.3, -0.25) is 4.79 Å². The fraction of sp³-hybridized carbons (Fsp3) is 0. The van der Waals surface area contributed by atoms with E-state index in [9.17, 15) is 4.79 Å². The number of carbonyl (C=O) groups excluding carboxylic acids is 1. The summed E-state index contributed by atoms with van der Waals surface area (Å²) in [6.45, 7) is 0. The molecular weight excluding hydrogens is 367 g/mol. The van der Waals surface area contributed by atoms with Gasteiger partial charge in [0.15, 0.2) is 5.82 Å². The molecule has 2 rings (SSSR count). The Morgan fingerprint density at radius 1 is 1.35 bits per heavy atom. The smallest absolute Gasteiger partial charge is 0.259 e. The third kappa shape index (κ3) is 3.21. The van der Waals surface area contributed by atoms with Crippen molar-refractivity contribution < 1.29 is 4.79 Å². The second-order valence-electron chi connectivity index (χ2n) is 3.75. The number of carbonyl (C=O) groups is 1. The number of nitrogens with zero attached hydrogens (tertiary/aromatic N) is 1. The molecular formula is C12H9BrCl2N4O. The molecule has 0 fully saturated rings. The van der Waals surface area contributed by atoms with Gasteiger partial charge in [-0.1, -0.05) is 29.3 Å². The molecule has 104 valence electrons. The molecule has 0 unspecified atom stereocenters. The summed E-state index contributed by atoms with van der Waals surface area (Å²) in [7, 11) is 0. The maximum Gasteiger partial charge on any atom is 0.259 e. The van der Waals surface area contributed by atoms with E-state index >= 15 is 0 Å². The van der Waals surface area contributed by atoms with Crippen LogP contribution in [0, 0.1) is 0 Å². The van der Waals surface area contributed by atoms with E-state index in [1.807, 2.05) is 0 Å². The van der Waals surface area contributed by atoms with Gasteiger partial charge in [-0.2, -0.15) is 0 Å². The predicted molar refractivity (Wildman–Crippen MR) is 84.2 cm³/mol. The summed E-state index contributed by atoms with van der Waals surface area (Å²) in [6, 6.07) is 6.56. The normalized spacial score (nSPS) is 10.2. The van der Waals surface area contributed by atoms with E-state index in [1.54, 1.807) is 24.3 Å². The summed E-state index contributed by atoms with van der Waals surface area (Å²) >= 11 is 15.2. The number of nitrogens with one attached hydrogen (secondary N) is 2. The number of pyridine rings is 1. The first-order valence-electron chi connectivity index (χ1n) is 5.40. The molecule has 0 radical (unpaired) electrons. The fourth-order valence-electron chi connectivity index (χ4n) is 1.52. The van der Waals surface area contributed by atoms with Crippen LogP contribution in [0.25, 0.3) is 0 Å². The molecule has 0 spiro atoms. The molecule has 1 amide bonds. The number of hydrogen-bond acceptors (Lipinski definition) is 4. The van der Waals surface area contributed by atoms with Gasteiger partial charge in [0, 0.05) is 10.7 Å². The Bertz CT molecular complexity index is 666. The van der Waals surface area contributed by atoms with E-state index in [-0.39, 0.29) is 16.4 Å². The van der Waals surface area contributed by atoms with E-state index < -0.39 is 5.91 Å². The maximum atomic E-state index is 12.2. The first kappa shape index (κ1) is 15.1. The average Bonchev–Trinajstić information content (AvgIpc) is 2.43. The number of amides is 1. The number of rotatable bonds is 3. The molecule has 1 heterocycles. The van der Waals surface area contributed by atoms with Crippen molar-refractivity contribution >= 4 is 56.5 Å². The average molecular weight is 376 g/mol. The lowest BCUT2D eigenvalue weighted by molar-refractivity contribution is 0.102. The van der Waals surface area contributed by atoms with Crippen LogP contribution >= 0.6 is 39.1 Å². The van der Waals surface area contributed by atoms with Crippen LogP contribution in [0.2, 0.25) is 10.0 Å². The highest BCUT2D eigenvalue weighted by Gasteiger charge is 2.15. The van der Waals surface area contributed by atoms with Gasteiger partial charge in [-0.15, -0.1) is 0 Å². The zero-order chi connectivity index (χ0) is 14.7. The summed E-state index contributed by atoms with van der Waals surface area (Å²) in [5.74, 6) is 5.18. The molecule has 1 aromatic carbocycles. The second kappa shape index (κ2) is 6.41. The largest absolute Gasteiger partial charge is 0.320 e. The third-order valence-electron chi connectivity index (χ3n) is 2.44. The van der Waals surface area contributed by atoms with Gasteiger partial charge in [0.25, 0.3) is 5.91 Å². The van der Waals surface area contributed by atoms with E-state index in [2.05, 4.69) is 31.7 Å². The Morgan fingerprint density at radius 2 is 2.10 bits per heavy atom. The van der Waals surface area contributed by atoms with E-state index in [0.717, 1.165) is 0 Å². The maximum absolute atomic E-state index is 12.2. The number of anilines is 2. The van der Waals surface area contributed by atoms with Crippen molar-refractivity contribution in [2.24, 2.45) is 5.84 Å². The van der Waals surface area contributed by atoms with Crippen molar-refractivity contribution in [2.75, 3.05) is 10.7 Å². The number of hydrazine groups is 1. The molecule has 0 atom stereocenters. The predicted octanol–water partition coefficient (Wildman–Crippen LogP) is 3.69. The van der Waals surface area contributed by atoms with Crippen molar-refractivity contribution in [1.82, 2.24) is 4.98 Å². The van der Waals surface area contributed by atoms with E-state index in [0.29, 0.717) is 15.2 Å². The number of hydrogen-bond donors (Lipinski definition) is 3. The zero-order valence-electron chi connectivity index (χ0n) is 9.95. The lowest BCUT2D eigenvalue weighted by atomic mass is 10.2. The lowest BCUT2D eigenvalue weighted by Gasteiger charge is -2.11. The Morgan fingerprint density at radius 3 is 2.80 bits per heavy atom. The summed E-state index contributed by atoms with van der Waals surface area (Å²) in [5, 5.41) is 3.28. The van der Waals surface area contributed by atoms with Crippen LogP contribution in [-0.4, -0.2) is 10.9 Å². The monoisotopic (exact) mass is 374 g/mol. The molecule has 4 N–H and O–H groups in total. The van der Waals surface area contributed by atoms with E-state index in [1.165, 1.54) is 6.20 Å². The van der Waals surface area contributed by atoms with Crippen molar-refractivity contribution in [3.05, 3.63) is 50.5 Å². The molecule has 0 aliphatic rings. The number of aromatic nitrogens is 1. The van der Waals surface area contributed by atoms with Crippen LogP contribution < -0.4 is 16.6 Å². The van der Waals surface area contributed by atoms with Gasteiger partial charge in [0.05, 0.1) is 21.3 Å². The summed E-state index contributed by atoms with van der Waals surface area (Å²) < 4.78 is 0.652. The Hall–Kier alpha value is -1.34. The van der Waals surface area contributed by atoms with Crippen molar-refractivity contribution in [1.29, 1.82) is 0 Å². The van der Waals surface area contributed by atoms with Gasteiger partial charge in [-0.05, 0) is 34.1 Å². The van der Waals surface area contributed by atoms with Crippen LogP contribution in [0.15, 0.2) is 34.9 Å². The minimum atomic E-state index is -0.407. The third-order valence-corrected chi connectivity index (χ3v) is 3.69. The first-order valence-corrected chi connectivity index (χ1v) is 6.95. The lowest BCUT2D eigenvalue weighted by Crippen LogP contribution is -2.18. The highest BCUT2D eigenvalue weighted by Crippen LogP contribution is 2.30. The van der Waals surface area contributed by atoms with Crippen molar-refractivity contribution in [2.45, 2.75) is 0 Å². The zero-order valence-corrected chi connectivity index (χ0v) is 13.1.